The zero-order valence-corrected chi connectivity index (χ0v) is 29.3. The van der Waals surface area contributed by atoms with E-state index in [-0.39, 0.29) is 0 Å². The predicted octanol–water partition coefficient (Wildman–Crippen LogP) is 13.9. The highest BCUT2D eigenvalue weighted by atomic mass is 16.4. The van der Waals surface area contributed by atoms with Crippen LogP contribution >= 0.6 is 0 Å². The third-order valence-electron chi connectivity index (χ3n) is 10.8. The maximum absolute atomic E-state index is 6.53. The molecule has 0 saturated heterocycles. The van der Waals surface area contributed by atoms with Gasteiger partial charge in [-0.3, -0.25) is 0 Å². The average Bonchev–Trinajstić information content (AvgIpc) is 4.01. The summed E-state index contributed by atoms with van der Waals surface area (Å²) in [7, 11) is 0. The number of hydrogen-bond donors (Lipinski definition) is 0. The van der Waals surface area contributed by atoms with Gasteiger partial charge >= 0.3 is 0 Å². The molecule has 0 fully saturated rings. The number of aromatic nitrogens is 2. The lowest BCUT2D eigenvalue weighted by atomic mass is 10.1. The van der Waals surface area contributed by atoms with Crippen LogP contribution < -0.4 is 4.90 Å². The highest BCUT2D eigenvalue weighted by Gasteiger charge is 2.24. The van der Waals surface area contributed by atoms with Crippen molar-refractivity contribution in [2.45, 2.75) is 0 Å². The Labute approximate surface area is 313 Å². The molecule has 0 unspecified atom stereocenters. The second-order valence-corrected chi connectivity index (χ2v) is 13.9. The summed E-state index contributed by atoms with van der Waals surface area (Å²) >= 11 is 0. The largest absolute Gasteiger partial charge is 0.456 e. The predicted molar refractivity (Wildman–Crippen MR) is 223 cm³/mol. The number of nitrogens with zero attached hydrogens (tertiary/aromatic N) is 3. The Kier molecular flexibility index (Phi) is 6.24. The number of benzene rings is 8. The average molecular weight is 708 g/mol. The van der Waals surface area contributed by atoms with Crippen LogP contribution in [0.25, 0.3) is 93.9 Å². The molecule has 6 nitrogen and oxygen atoms in total. The number of anilines is 3. The van der Waals surface area contributed by atoms with Crippen LogP contribution in [0.1, 0.15) is 0 Å². The van der Waals surface area contributed by atoms with Crippen molar-refractivity contribution < 1.29 is 13.3 Å². The second kappa shape index (κ2) is 11.5. The molecule has 0 saturated carbocycles. The molecule has 0 atom stereocenters. The van der Waals surface area contributed by atoms with Crippen LogP contribution in [0, 0.1) is 0 Å². The van der Waals surface area contributed by atoms with E-state index >= 15 is 0 Å². The number of oxazole rings is 1. The van der Waals surface area contributed by atoms with Crippen molar-refractivity contribution in [1.29, 1.82) is 0 Å². The molecule has 0 aliphatic rings. The first-order valence-electron chi connectivity index (χ1n) is 18.4. The van der Waals surface area contributed by atoms with Crippen molar-refractivity contribution >= 4 is 93.8 Å². The minimum absolute atomic E-state index is 0.579. The van der Waals surface area contributed by atoms with Gasteiger partial charge in [-0.1, -0.05) is 78.9 Å². The third-order valence-corrected chi connectivity index (χ3v) is 10.8. The quantitative estimate of drug-likeness (QED) is 0.178. The first-order valence-corrected chi connectivity index (χ1v) is 18.4. The molecule has 0 radical (unpaired) electrons. The number of fused-ring (bicyclic) bond motifs is 11. The van der Waals surface area contributed by atoms with Crippen molar-refractivity contribution in [3.8, 4) is 17.1 Å². The van der Waals surface area contributed by atoms with Crippen LogP contribution in [-0.4, -0.2) is 9.55 Å². The molecule has 0 aliphatic heterocycles. The van der Waals surface area contributed by atoms with Crippen molar-refractivity contribution in [1.82, 2.24) is 9.55 Å². The van der Waals surface area contributed by atoms with E-state index in [2.05, 4.69) is 131 Å². The Hall–Kier alpha value is -7.57. The van der Waals surface area contributed by atoms with Crippen LogP contribution in [0.5, 0.6) is 0 Å². The Morgan fingerprint density at radius 2 is 1.11 bits per heavy atom. The third kappa shape index (κ3) is 4.46. The van der Waals surface area contributed by atoms with Gasteiger partial charge in [-0.05, 0) is 91.0 Å². The van der Waals surface area contributed by atoms with Gasteiger partial charge in [0.05, 0.1) is 22.1 Å². The monoisotopic (exact) mass is 707 g/mol. The molecular formula is C49H29N3O3. The fourth-order valence-electron chi connectivity index (χ4n) is 8.40. The van der Waals surface area contributed by atoms with Crippen LogP contribution in [0.15, 0.2) is 189 Å². The Morgan fingerprint density at radius 1 is 0.436 bits per heavy atom. The van der Waals surface area contributed by atoms with Gasteiger partial charge in [-0.15, -0.1) is 0 Å². The van der Waals surface area contributed by atoms with Gasteiger partial charge in [0.2, 0.25) is 5.89 Å². The van der Waals surface area contributed by atoms with E-state index < -0.39 is 0 Å². The molecule has 55 heavy (non-hydrogen) atoms. The zero-order chi connectivity index (χ0) is 36.0. The van der Waals surface area contributed by atoms with E-state index in [4.69, 9.17) is 18.2 Å². The normalized spacial score (nSPS) is 12.0. The van der Waals surface area contributed by atoms with Crippen LogP contribution in [0.4, 0.5) is 17.1 Å². The minimum Gasteiger partial charge on any atom is -0.456 e. The summed E-state index contributed by atoms with van der Waals surface area (Å²) in [5, 5.41) is 6.34. The van der Waals surface area contributed by atoms with E-state index in [9.17, 15) is 0 Å². The van der Waals surface area contributed by atoms with E-state index in [1.165, 1.54) is 5.39 Å². The minimum atomic E-state index is 0.579. The van der Waals surface area contributed by atoms with Gasteiger partial charge in [0.25, 0.3) is 0 Å². The Bertz CT molecular complexity index is 3440. The molecule has 8 aromatic carbocycles. The number of furan rings is 2. The molecule has 4 aromatic heterocycles. The van der Waals surface area contributed by atoms with Gasteiger partial charge < -0.3 is 22.7 Å². The summed E-state index contributed by atoms with van der Waals surface area (Å²) < 4.78 is 21.8. The molecular weight excluding hydrogens is 679 g/mol. The maximum atomic E-state index is 6.53. The Morgan fingerprint density at radius 3 is 2.00 bits per heavy atom. The first-order chi connectivity index (χ1) is 27.3. The summed E-state index contributed by atoms with van der Waals surface area (Å²) in [4.78, 5) is 7.22. The van der Waals surface area contributed by atoms with E-state index in [0.717, 1.165) is 94.1 Å². The molecule has 6 heteroatoms. The van der Waals surface area contributed by atoms with Crippen LogP contribution in [-0.2, 0) is 0 Å². The summed E-state index contributed by atoms with van der Waals surface area (Å²) in [6, 6.07) is 60.9. The first kappa shape index (κ1) is 29.9. The van der Waals surface area contributed by atoms with Crippen molar-refractivity contribution in [2.75, 3.05) is 4.90 Å². The SMILES string of the molecule is c1ccc(-c2nc3ccc4oc5ccc(N(c6ccc7c(c6)oc6ccccc67)c6cccc7c6c6ccccc6n7-c6ccccc6)cc5c4c3o2)cc1. The van der Waals surface area contributed by atoms with Crippen LogP contribution in [0.2, 0.25) is 0 Å². The molecule has 0 aliphatic carbocycles. The number of para-hydroxylation sites is 3. The van der Waals surface area contributed by atoms with Gasteiger partial charge in [0, 0.05) is 55.6 Å². The summed E-state index contributed by atoms with van der Waals surface area (Å²) in [5.74, 6) is 0.579. The van der Waals surface area contributed by atoms with Crippen molar-refractivity contribution in [3.63, 3.8) is 0 Å². The fourth-order valence-corrected chi connectivity index (χ4v) is 8.40. The molecule has 12 rings (SSSR count). The second-order valence-electron chi connectivity index (χ2n) is 13.9. The summed E-state index contributed by atoms with van der Waals surface area (Å²) in [5.41, 5.74) is 12.0. The van der Waals surface area contributed by atoms with E-state index in [0.29, 0.717) is 11.5 Å². The molecule has 0 N–H and O–H groups in total. The maximum Gasteiger partial charge on any atom is 0.227 e. The highest BCUT2D eigenvalue weighted by molar-refractivity contribution is 6.19. The lowest BCUT2D eigenvalue weighted by Crippen LogP contribution is -2.10. The van der Waals surface area contributed by atoms with Crippen molar-refractivity contribution in [2.24, 2.45) is 0 Å². The fraction of sp³-hybridized carbons (Fsp3) is 0. The topological polar surface area (TPSA) is 60.5 Å². The molecule has 0 amide bonds. The summed E-state index contributed by atoms with van der Waals surface area (Å²) in [6.07, 6.45) is 0. The Balaban J connectivity index is 1.15. The lowest BCUT2D eigenvalue weighted by Gasteiger charge is -2.26. The molecule has 0 spiro atoms. The van der Waals surface area contributed by atoms with Gasteiger partial charge in [-0.2, -0.15) is 0 Å². The van der Waals surface area contributed by atoms with Gasteiger partial charge in [0.1, 0.15) is 27.8 Å². The van der Waals surface area contributed by atoms with Crippen LogP contribution in [0.3, 0.4) is 0 Å². The number of hydrogen-bond acceptors (Lipinski definition) is 5. The zero-order valence-electron chi connectivity index (χ0n) is 29.3. The molecule has 4 heterocycles. The standard InChI is InChI=1S/C49H29N3O3/c1-3-12-30(13-4-1)49-50-38-25-27-44-47(48(38)55-49)37-28-32(23-26-43(37)53-44)51(33-22-24-35-34-16-8-10-21-42(34)54-45(35)29-33)40-19-11-20-41-46(40)36-17-7-9-18-39(36)52(41)31-14-5-2-6-15-31/h1-29H. The van der Waals surface area contributed by atoms with Gasteiger partial charge in [-0.25, -0.2) is 4.98 Å². The van der Waals surface area contributed by atoms with Gasteiger partial charge in [0.15, 0.2) is 5.58 Å². The van der Waals surface area contributed by atoms with E-state index in [1.54, 1.807) is 0 Å². The molecule has 0 bridgehead atoms. The highest BCUT2D eigenvalue weighted by Crippen LogP contribution is 2.47. The smallest absolute Gasteiger partial charge is 0.227 e. The van der Waals surface area contributed by atoms with E-state index in [1.807, 2.05) is 54.6 Å². The molecule has 12 aromatic rings. The van der Waals surface area contributed by atoms with Crippen molar-refractivity contribution in [3.05, 3.63) is 176 Å². The molecule has 258 valence electrons. The summed E-state index contributed by atoms with van der Waals surface area (Å²) in [6.45, 7) is 0. The lowest BCUT2D eigenvalue weighted by molar-refractivity contribution is 0.622. The number of rotatable bonds is 5.